The van der Waals surface area contributed by atoms with Crippen molar-refractivity contribution in [2.45, 2.75) is 0 Å². The van der Waals surface area contributed by atoms with Crippen LogP contribution in [0.25, 0.3) is 10.9 Å². The molecule has 0 saturated heterocycles. The number of rotatable bonds is 2. The van der Waals surface area contributed by atoms with E-state index in [9.17, 15) is 4.79 Å². The second kappa shape index (κ2) is 5.09. The van der Waals surface area contributed by atoms with Crippen molar-refractivity contribution in [3.63, 3.8) is 0 Å². The molecule has 1 aromatic carbocycles. The molecule has 20 heavy (non-hydrogen) atoms. The SMILES string of the molecule is Cn1c(C(=O)Nc2cccnc2)c(Br)c2ccccc21. The zero-order valence-electron chi connectivity index (χ0n) is 10.8. The molecule has 0 radical (unpaired) electrons. The lowest BCUT2D eigenvalue weighted by atomic mass is 10.2. The number of carbonyl (C=O) groups is 1. The predicted molar refractivity (Wildman–Crippen MR) is 82.8 cm³/mol. The number of hydrogen-bond donors (Lipinski definition) is 1. The summed E-state index contributed by atoms with van der Waals surface area (Å²) in [5.74, 6) is -0.163. The molecule has 0 spiro atoms. The molecule has 3 rings (SSSR count). The molecule has 0 unspecified atom stereocenters. The Morgan fingerprint density at radius 3 is 2.75 bits per heavy atom. The lowest BCUT2D eigenvalue weighted by Gasteiger charge is -2.06. The molecule has 0 atom stereocenters. The number of aryl methyl sites for hydroxylation is 1. The smallest absolute Gasteiger partial charge is 0.273 e. The van der Waals surface area contributed by atoms with Gasteiger partial charge in [-0.15, -0.1) is 0 Å². The molecule has 5 heteroatoms. The number of aromatic nitrogens is 2. The first-order valence-electron chi connectivity index (χ1n) is 6.13. The predicted octanol–water partition coefficient (Wildman–Crippen LogP) is 3.59. The summed E-state index contributed by atoms with van der Waals surface area (Å²) >= 11 is 3.52. The molecule has 0 aliphatic carbocycles. The van der Waals surface area contributed by atoms with E-state index in [4.69, 9.17) is 0 Å². The van der Waals surface area contributed by atoms with Crippen LogP contribution in [-0.4, -0.2) is 15.5 Å². The van der Waals surface area contributed by atoms with Crippen LogP contribution in [0.3, 0.4) is 0 Å². The van der Waals surface area contributed by atoms with Gasteiger partial charge in [-0.1, -0.05) is 18.2 Å². The van der Waals surface area contributed by atoms with Crippen LogP contribution in [0.2, 0.25) is 0 Å². The number of anilines is 1. The van der Waals surface area contributed by atoms with Gasteiger partial charge in [-0.2, -0.15) is 0 Å². The maximum absolute atomic E-state index is 12.4. The summed E-state index contributed by atoms with van der Waals surface area (Å²) in [4.78, 5) is 16.4. The number of amides is 1. The van der Waals surface area contributed by atoms with E-state index in [0.29, 0.717) is 11.4 Å². The molecule has 0 aliphatic rings. The Bertz CT molecular complexity index is 741. The zero-order valence-corrected chi connectivity index (χ0v) is 12.4. The lowest BCUT2D eigenvalue weighted by Crippen LogP contribution is -2.16. The van der Waals surface area contributed by atoms with Gasteiger partial charge >= 0.3 is 0 Å². The number of pyridine rings is 1. The number of benzene rings is 1. The molecular weight excluding hydrogens is 318 g/mol. The minimum absolute atomic E-state index is 0.163. The number of carbonyl (C=O) groups excluding carboxylic acids is 1. The normalized spacial score (nSPS) is 10.7. The topological polar surface area (TPSA) is 46.9 Å². The van der Waals surface area contributed by atoms with Crippen LogP contribution in [-0.2, 0) is 7.05 Å². The highest BCUT2D eigenvalue weighted by molar-refractivity contribution is 9.10. The van der Waals surface area contributed by atoms with Gasteiger partial charge in [0.05, 0.1) is 16.4 Å². The maximum atomic E-state index is 12.4. The first-order valence-corrected chi connectivity index (χ1v) is 6.92. The molecule has 0 saturated carbocycles. The Kier molecular flexibility index (Phi) is 3.28. The van der Waals surface area contributed by atoms with Crippen molar-refractivity contribution in [2.24, 2.45) is 7.05 Å². The highest BCUT2D eigenvalue weighted by atomic mass is 79.9. The van der Waals surface area contributed by atoms with Gasteiger partial charge in [0.2, 0.25) is 0 Å². The van der Waals surface area contributed by atoms with Crippen molar-refractivity contribution in [3.05, 3.63) is 59.0 Å². The molecule has 0 bridgehead atoms. The van der Waals surface area contributed by atoms with Crippen molar-refractivity contribution in [3.8, 4) is 0 Å². The molecule has 1 amide bonds. The van der Waals surface area contributed by atoms with Crippen LogP contribution in [0.5, 0.6) is 0 Å². The summed E-state index contributed by atoms with van der Waals surface area (Å²) in [5, 5.41) is 3.87. The Labute approximate surface area is 124 Å². The summed E-state index contributed by atoms with van der Waals surface area (Å²) in [5.41, 5.74) is 2.28. The van der Waals surface area contributed by atoms with Gasteiger partial charge < -0.3 is 9.88 Å². The van der Waals surface area contributed by atoms with Crippen LogP contribution in [0.1, 0.15) is 10.5 Å². The van der Waals surface area contributed by atoms with Crippen molar-refractivity contribution in [2.75, 3.05) is 5.32 Å². The average molecular weight is 330 g/mol. The van der Waals surface area contributed by atoms with Gasteiger partial charge in [0.15, 0.2) is 0 Å². The molecule has 3 aromatic rings. The Hall–Kier alpha value is -2.14. The van der Waals surface area contributed by atoms with E-state index in [-0.39, 0.29) is 5.91 Å². The number of hydrogen-bond acceptors (Lipinski definition) is 2. The van der Waals surface area contributed by atoms with Gasteiger partial charge in [0, 0.05) is 24.1 Å². The quantitative estimate of drug-likeness (QED) is 0.781. The van der Waals surface area contributed by atoms with E-state index in [1.54, 1.807) is 18.5 Å². The number of para-hydroxylation sites is 1. The fourth-order valence-corrected chi connectivity index (χ4v) is 3.01. The first kappa shape index (κ1) is 12.9. The lowest BCUT2D eigenvalue weighted by molar-refractivity contribution is 0.101. The monoisotopic (exact) mass is 329 g/mol. The summed E-state index contributed by atoms with van der Waals surface area (Å²) in [7, 11) is 1.88. The third-order valence-electron chi connectivity index (χ3n) is 3.18. The van der Waals surface area contributed by atoms with E-state index in [1.165, 1.54) is 0 Å². The molecule has 100 valence electrons. The fourth-order valence-electron chi connectivity index (χ4n) is 2.23. The largest absolute Gasteiger partial charge is 0.339 e. The maximum Gasteiger partial charge on any atom is 0.273 e. The molecule has 4 nitrogen and oxygen atoms in total. The van der Waals surface area contributed by atoms with E-state index in [2.05, 4.69) is 26.2 Å². The van der Waals surface area contributed by atoms with Crippen LogP contribution in [0.4, 0.5) is 5.69 Å². The first-order chi connectivity index (χ1) is 9.68. The van der Waals surface area contributed by atoms with Gasteiger partial charge in [-0.3, -0.25) is 9.78 Å². The van der Waals surface area contributed by atoms with Gasteiger partial charge in [-0.05, 0) is 34.1 Å². The van der Waals surface area contributed by atoms with Gasteiger partial charge in [-0.25, -0.2) is 0 Å². The van der Waals surface area contributed by atoms with Crippen LogP contribution < -0.4 is 5.32 Å². The second-order valence-electron chi connectivity index (χ2n) is 4.43. The minimum atomic E-state index is -0.163. The number of nitrogens with zero attached hydrogens (tertiary/aromatic N) is 2. The highest BCUT2D eigenvalue weighted by Crippen LogP contribution is 2.30. The van der Waals surface area contributed by atoms with E-state index in [0.717, 1.165) is 15.4 Å². The average Bonchev–Trinajstić information content (AvgIpc) is 2.72. The Morgan fingerprint density at radius 2 is 2.05 bits per heavy atom. The second-order valence-corrected chi connectivity index (χ2v) is 5.23. The van der Waals surface area contributed by atoms with E-state index >= 15 is 0 Å². The third-order valence-corrected chi connectivity index (χ3v) is 3.98. The molecule has 2 heterocycles. The standard InChI is InChI=1S/C15H12BrN3O/c1-19-12-7-3-2-6-11(12)13(16)14(19)15(20)18-10-5-4-8-17-9-10/h2-9H,1H3,(H,18,20). The zero-order chi connectivity index (χ0) is 14.1. The summed E-state index contributed by atoms with van der Waals surface area (Å²) in [6, 6.07) is 11.5. The summed E-state index contributed by atoms with van der Waals surface area (Å²) in [6.07, 6.45) is 3.29. The fraction of sp³-hybridized carbons (Fsp3) is 0.0667. The highest BCUT2D eigenvalue weighted by Gasteiger charge is 2.19. The van der Waals surface area contributed by atoms with Crippen molar-refractivity contribution in [1.29, 1.82) is 0 Å². The Balaban J connectivity index is 2.04. The number of nitrogens with one attached hydrogen (secondary N) is 1. The van der Waals surface area contributed by atoms with Crippen LogP contribution >= 0.6 is 15.9 Å². The Morgan fingerprint density at radius 1 is 1.25 bits per heavy atom. The van der Waals surface area contributed by atoms with Crippen molar-refractivity contribution < 1.29 is 4.79 Å². The van der Waals surface area contributed by atoms with Crippen LogP contribution in [0, 0.1) is 0 Å². The van der Waals surface area contributed by atoms with Crippen molar-refractivity contribution >= 4 is 38.4 Å². The van der Waals surface area contributed by atoms with Crippen molar-refractivity contribution in [1.82, 2.24) is 9.55 Å². The van der Waals surface area contributed by atoms with Gasteiger partial charge in [0.1, 0.15) is 5.69 Å². The number of halogens is 1. The molecule has 0 fully saturated rings. The third kappa shape index (κ3) is 2.10. The van der Waals surface area contributed by atoms with E-state index in [1.807, 2.05) is 41.9 Å². The molecule has 0 aliphatic heterocycles. The molecule has 2 aromatic heterocycles. The van der Waals surface area contributed by atoms with Crippen LogP contribution in [0.15, 0.2) is 53.3 Å². The number of fused-ring (bicyclic) bond motifs is 1. The van der Waals surface area contributed by atoms with E-state index < -0.39 is 0 Å². The van der Waals surface area contributed by atoms with Gasteiger partial charge in [0.25, 0.3) is 5.91 Å². The minimum Gasteiger partial charge on any atom is -0.339 e. The molecular formula is C15H12BrN3O. The summed E-state index contributed by atoms with van der Waals surface area (Å²) < 4.78 is 2.68. The summed E-state index contributed by atoms with van der Waals surface area (Å²) in [6.45, 7) is 0. The molecule has 1 N–H and O–H groups in total.